The molecule has 1 aromatic rings. The summed E-state index contributed by atoms with van der Waals surface area (Å²) in [5.74, 6) is 0. The molecule has 1 rings (SSSR count). The molecule has 124 valence electrons. The second kappa shape index (κ2) is 9.90. The molecule has 0 aliphatic carbocycles. The van der Waals surface area contributed by atoms with Gasteiger partial charge in [-0.15, -0.1) is 0 Å². The van der Waals surface area contributed by atoms with E-state index in [1.54, 1.807) is 6.20 Å². The molecule has 0 amide bonds. The van der Waals surface area contributed by atoms with Gasteiger partial charge in [-0.3, -0.25) is 14.3 Å². The van der Waals surface area contributed by atoms with E-state index in [1.165, 1.54) is 16.3 Å². The summed E-state index contributed by atoms with van der Waals surface area (Å²) in [5.41, 5.74) is 0.617. The highest BCUT2D eigenvalue weighted by atomic mass is 32.2. The van der Waals surface area contributed by atoms with Gasteiger partial charge in [0.25, 0.3) is 5.56 Å². The Morgan fingerprint density at radius 1 is 1.30 bits per heavy atom. The van der Waals surface area contributed by atoms with Gasteiger partial charge in [0.15, 0.2) is 0 Å². The van der Waals surface area contributed by atoms with E-state index < -0.39 is 11.2 Å². The molecule has 0 spiro atoms. The normalized spacial score (nSPS) is 12.4. The molecule has 4 nitrogen and oxygen atoms in total. The van der Waals surface area contributed by atoms with E-state index in [9.17, 15) is 9.59 Å². The quantitative estimate of drug-likeness (QED) is 0.730. The molecular weight excluding hydrogens is 308 g/mol. The summed E-state index contributed by atoms with van der Waals surface area (Å²) >= 11 is 1.38. The summed E-state index contributed by atoms with van der Waals surface area (Å²) in [6.45, 7) is 10.4. The molecule has 0 saturated carbocycles. The van der Waals surface area contributed by atoms with Gasteiger partial charge < -0.3 is 0 Å². The number of hydrogen-bond donors (Lipinski definition) is 1. The fraction of sp³-hybridized carbons (Fsp3) is 0.333. The van der Waals surface area contributed by atoms with Crippen molar-refractivity contribution < 1.29 is 0 Å². The number of H-pyrrole nitrogens is 1. The first kappa shape index (κ1) is 19.0. The van der Waals surface area contributed by atoms with Gasteiger partial charge in [-0.05, 0) is 30.7 Å². The van der Waals surface area contributed by atoms with Crippen LogP contribution in [-0.2, 0) is 6.54 Å². The zero-order chi connectivity index (χ0) is 17.2. The van der Waals surface area contributed by atoms with Crippen molar-refractivity contribution in [2.45, 2.75) is 40.2 Å². The zero-order valence-electron chi connectivity index (χ0n) is 14.0. The third-order valence-electron chi connectivity index (χ3n) is 3.14. The molecular formula is C18H24N2O2S. The first-order chi connectivity index (χ1) is 11.0. The molecule has 0 fully saturated rings. The van der Waals surface area contributed by atoms with Crippen LogP contribution in [0.15, 0.2) is 57.7 Å². The number of allylic oxidation sites excluding steroid dienone is 5. The Labute approximate surface area is 141 Å². The van der Waals surface area contributed by atoms with Crippen LogP contribution in [0.1, 0.15) is 39.2 Å². The first-order valence-corrected chi connectivity index (χ1v) is 8.57. The van der Waals surface area contributed by atoms with Crippen molar-refractivity contribution in [3.8, 4) is 0 Å². The monoisotopic (exact) mass is 332 g/mol. The van der Waals surface area contributed by atoms with Gasteiger partial charge in [0.05, 0.1) is 12.1 Å². The van der Waals surface area contributed by atoms with Gasteiger partial charge in [-0.1, -0.05) is 56.5 Å². The summed E-state index contributed by atoms with van der Waals surface area (Å²) in [6.07, 6.45) is 11.4. The Kier molecular flexibility index (Phi) is 8.19. The second-order valence-electron chi connectivity index (χ2n) is 4.93. The first-order valence-electron chi connectivity index (χ1n) is 7.69. The van der Waals surface area contributed by atoms with Crippen molar-refractivity contribution in [1.82, 2.24) is 9.55 Å². The predicted octanol–water partition coefficient (Wildman–Crippen LogP) is 4.08. The van der Waals surface area contributed by atoms with E-state index in [0.29, 0.717) is 17.0 Å². The molecule has 23 heavy (non-hydrogen) atoms. The maximum atomic E-state index is 12.0. The minimum atomic E-state index is -0.412. The standard InChI is InChI=1S/C18H24N2O2S/c1-5-8-10-15(7-3)12-20-13-16(17(21)19-18(20)22)14(4)23-11-9-6-2/h7-11,13H,4-6,12H2,1-3H3,(H,19,21,22)/b10-8-,11-9-,15-7+. The smallest absolute Gasteiger partial charge is 0.296 e. The van der Waals surface area contributed by atoms with Crippen molar-refractivity contribution in [3.05, 3.63) is 74.5 Å². The van der Waals surface area contributed by atoms with Crippen molar-refractivity contribution in [2.75, 3.05) is 0 Å². The van der Waals surface area contributed by atoms with Crippen LogP contribution in [0.3, 0.4) is 0 Å². The van der Waals surface area contributed by atoms with Gasteiger partial charge in [-0.25, -0.2) is 4.79 Å². The predicted molar refractivity (Wildman–Crippen MR) is 101 cm³/mol. The van der Waals surface area contributed by atoms with Crippen LogP contribution in [0.5, 0.6) is 0 Å². The number of aromatic nitrogens is 2. The summed E-state index contributed by atoms with van der Waals surface area (Å²) in [6, 6.07) is 0. The molecule has 1 N–H and O–H groups in total. The number of rotatable bonds is 8. The lowest BCUT2D eigenvalue weighted by Crippen LogP contribution is -2.31. The number of thioether (sulfide) groups is 1. The van der Waals surface area contributed by atoms with E-state index in [2.05, 4.69) is 18.5 Å². The van der Waals surface area contributed by atoms with Gasteiger partial charge in [0, 0.05) is 11.1 Å². The molecule has 1 aromatic heterocycles. The van der Waals surface area contributed by atoms with Crippen LogP contribution in [0.4, 0.5) is 0 Å². The van der Waals surface area contributed by atoms with Gasteiger partial charge in [-0.2, -0.15) is 0 Å². The van der Waals surface area contributed by atoms with E-state index in [4.69, 9.17) is 0 Å². The van der Waals surface area contributed by atoms with Crippen LogP contribution in [0.2, 0.25) is 0 Å². The number of nitrogens with zero attached hydrogens (tertiary/aromatic N) is 1. The van der Waals surface area contributed by atoms with Gasteiger partial charge in [0.1, 0.15) is 0 Å². The summed E-state index contributed by atoms with van der Waals surface area (Å²) in [7, 11) is 0. The maximum absolute atomic E-state index is 12.0. The average Bonchev–Trinajstić information content (AvgIpc) is 2.53. The molecule has 0 unspecified atom stereocenters. The van der Waals surface area contributed by atoms with E-state index in [-0.39, 0.29) is 0 Å². The van der Waals surface area contributed by atoms with E-state index in [0.717, 1.165) is 18.4 Å². The summed E-state index contributed by atoms with van der Waals surface area (Å²) < 4.78 is 1.50. The number of nitrogens with one attached hydrogen (secondary N) is 1. The Balaban J connectivity index is 3.11. The van der Waals surface area contributed by atoms with Crippen molar-refractivity contribution in [3.63, 3.8) is 0 Å². The van der Waals surface area contributed by atoms with Crippen LogP contribution >= 0.6 is 11.8 Å². The minimum absolute atomic E-state index is 0.403. The van der Waals surface area contributed by atoms with Crippen molar-refractivity contribution in [2.24, 2.45) is 0 Å². The highest BCUT2D eigenvalue weighted by molar-refractivity contribution is 8.10. The molecule has 0 aromatic carbocycles. The Hall–Kier alpha value is -2.01. The summed E-state index contributed by atoms with van der Waals surface area (Å²) in [4.78, 5) is 27.0. The van der Waals surface area contributed by atoms with Gasteiger partial charge in [0.2, 0.25) is 0 Å². The fourth-order valence-corrected chi connectivity index (χ4v) is 2.55. The van der Waals surface area contributed by atoms with Crippen molar-refractivity contribution >= 4 is 16.7 Å². The molecule has 0 bridgehead atoms. The largest absolute Gasteiger partial charge is 0.328 e. The molecule has 0 aliphatic rings. The number of hydrogen-bond acceptors (Lipinski definition) is 3. The Morgan fingerprint density at radius 3 is 2.61 bits per heavy atom. The third-order valence-corrected chi connectivity index (χ3v) is 3.98. The van der Waals surface area contributed by atoms with Crippen LogP contribution in [-0.4, -0.2) is 9.55 Å². The third kappa shape index (κ3) is 5.94. The van der Waals surface area contributed by atoms with Crippen LogP contribution < -0.4 is 11.2 Å². The average molecular weight is 332 g/mol. The van der Waals surface area contributed by atoms with Crippen molar-refractivity contribution in [1.29, 1.82) is 0 Å². The lowest BCUT2D eigenvalue weighted by atomic mass is 10.2. The fourth-order valence-electron chi connectivity index (χ4n) is 1.82. The van der Waals surface area contributed by atoms with Gasteiger partial charge >= 0.3 is 5.69 Å². The van der Waals surface area contributed by atoms with Crippen LogP contribution in [0, 0.1) is 0 Å². The molecule has 0 atom stereocenters. The summed E-state index contributed by atoms with van der Waals surface area (Å²) in [5, 5.41) is 1.90. The topological polar surface area (TPSA) is 54.9 Å². The second-order valence-corrected chi connectivity index (χ2v) is 5.93. The SMILES string of the molecule is C=C(S/C=C\CC)c1cn(CC(/C=C\CC)=C/C)c(=O)[nH]c1=O. The van der Waals surface area contributed by atoms with Crippen LogP contribution in [0.25, 0.3) is 4.91 Å². The molecule has 0 saturated heterocycles. The lowest BCUT2D eigenvalue weighted by molar-refractivity contribution is 0.716. The zero-order valence-corrected chi connectivity index (χ0v) is 14.8. The van der Waals surface area contributed by atoms with E-state index >= 15 is 0 Å². The highest BCUT2D eigenvalue weighted by Gasteiger charge is 2.08. The van der Waals surface area contributed by atoms with E-state index in [1.807, 2.05) is 43.6 Å². The molecule has 0 radical (unpaired) electrons. The lowest BCUT2D eigenvalue weighted by Gasteiger charge is -2.09. The highest BCUT2D eigenvalue weighted by Crippen LogP contribution is 2.23. The molecule has 0 aliphatic heterocycles. The Morgan fingerprint density at radius 2 is 2.00 bits per heavy atom. The molecule has 5 heteroatoms. The molecule has 1 heterocycles. The Bertz CT molecular complexity index is 736. The number of aromatic amines is 1. The minimum Gasteiger partial charge on any atom is -0.296 e. The maximum Gasteiger partial charge on any atom is 0.328 e.